The van der Waals surface area contributed by atoms with Gasteiger partial charge in [-0.1, -0.05) is 0 Å². The summed E-state index contributed by atoms with van der Waals surface area (Å²) in [6.45, 7) is 6.27. The molecule has 0 aliphatic rings. The van der Waals surface area contributed by atoms with Gasteiger partial charge in [0.15, 0.2) is 0 Å². The number of hydrogen-bond donors (Lipinski definition) is 3. The molecule has 0 aliphatic heterocycles. The molecular weight excluding hydrogens is 278 g/mol. The molecule has 0 aromatic carbocycles. The van der Waals surface area contributed by atoms with E-state index in [2.05, 4.69) is 30.7 Å². The number of rotatable bonds is 6. The molecule has 8 nitrogen and oxygen atoms in total. The van der Waals surface area contributed by atoms with Gasteiger partial charge in [-0.25, -0.2) is 10.8 Å². The number of nitrogens with two attached hydrogens (primary N) is 1. The number of aryl methyl sites for hydroxylation is 1. The Morgan fingerprint density at radius 2 is 2.00 bits per heavy atom. The van der Waals surface area contributed by atoms with Crippen LogP contribution in [0.2, 0.25) is 0 Å². The Morgan fingerprint density at radius 3 is 2.60 bits per heavy atom. The maximum absolute atomic E-state index is 5.44. The molecule has 2 rings (SSSR count). The molecular formula is C11H17N7OS. The molecule has 0 bridgehead atoms. The number of aromatic nitrogens is 4. The number of nitrogens with zero attached hydrogens (tertiary/aromatic N) is 4. The first-order chi connectivity index (χ1) is 9.56. The molecule has 0 spiro atoms. The van der Waals surface area contributed by atoms with Crippen molar-refractivity contribution in [1.82, 2.24) is 19.9 Å². The van der Waals surface area contributed by atoms with E-state index in [9.17, 15) is 0 Å². The van der Waals surface area contributed by atoms with E-state index >= 15 is 0 Å². The number of hydrogen-bond acceptors (Lipinski definition) is 9. The second kappa shape index (κ2) is 6.44. The fraction of sp³-hybridized carbons (Fsp3) is 0.455. The highest BCUT2D eigenvalue weighted by molar-refractivity contribution is 7.09. The van der Waals surface area contributed by atoms with Crippen LogP contribution >= 0.6 is 11.3 Å². The van der Waals surface area contributed by atoms with Crippen LogP contribution in [0.4, 0.5) is 11.9 Å². The first kappa shape index (κ1) is 14.4. The summed E-state index contributed by atoms with van der Waals surface area (Å²) in [5.74, 6) is 5.96. The largest absolute Gasteiger partial charge is 0.461 e. The zero-order valence-corrected chi connectivity index (χ0v) is 12.4. The van der Waals surface area contributed by atoms with Crippen molar-refractivity contribution in [3.63, 3.8) is 0 Å². The zero-order valence-electron chi connectivity index (χ0n) is 11.5. The van der Waals surface area contributed by atoms with Gasteiger partial charge in [0, 0.05) is 5.38 Å². The Kier molecular flexibility index (Phi) is 4.64. The molecule has 9 heteroatoms. The SMILES string of the molecule is Cc1nc(CNc2nc(NN)nc(OC(C)C)n2)cs1. The monoisotopic (exact) mass is 295 g/mol. The Labute approximate surface area is 120 Å². The molecule has 2 aromatic heterocycles. The Bertz CT molecular complexity index is 572. The van der Waals surface area contributed by atoms with Crippen LogP contribution in [-0.2, 0) is 6.54 Å². The summed E-state index contributed by atoms with van der Waals surface area (Å²) in [6, 6.07) is 0.222. The maximum Gasteiger partial charge on any atom is 0.323 e. The van der Waals surface area contributed by atoms with Crippen LogP contribution in [0.5, 0.6) is 6.01 Å². The number of thiazole rings is 1. The zero-order chi connectivity index (χ0) is 14.5. The van der Waals surface area contributed by atoms with Crippen LogP contribution in [-0.4, -0.2) is 26.0 Å². The standard InChI is InChI=1S/C11H17N7OS/c1-6(2)19-11-16-9(15-10(17-11)18-12)13-4-8-5-20-7(3)14-8/h5-6H,4,12H2,1-3H3,(H2,13,15,16,17,18). The van der Waals surface area contributed by atoms with Crippen LogP contribution in [0.1, 0.15) is 24.5 Å². The average molecular weight is 295 g/mol. The minimum atomic E-state index is -0.0305. The smallest absolute Gasteiger partial charge is 0.323 e. The van der Waals surface area contributed by atoms with E-state index in [4.69, 9.17) is 10.6 Å². The van der Waals surface area contributed by atoms with Gasteiger partial charge < -0.3 is 10.1 Å². The highest BCUT2D eigenvalue weighted by Crippen LogP contribution is 2.13. The summed E-state index contributed by atoms with van der Waals surface area (Å²) in [7, 11) is 0. The normalized spacial score (nSPS) is 10.7. The molecule has 0 radical (unpaired) electrons. The Morgan fingerprint density at radius 1 is 1.25 bits per heavy atom. The fourth-order valence-electron chi connectivity index (χ4n) is 1.42. The van der Waals surface area contributed by atoms with Gasteiger partial charge in [-0.15, -0.1) is 11.3 Å². The highest BCUT2D eigenvalue weighted by Gasteiger charge is 2.08. The van der Waals surface area contributed by atoms with Crippen molar-refractivity contribution in [2.45, 2.75) is 33.4 Å². The molecule has 108 valence electrons. The summed E-state index contributed by atoms with van der Waals surface area (Å²) in [5, 5.41) is 6.07. The second-order valence-corrected chi connectivity index (χ2v) is 5.35. The molecule has 0 unspecified atom stereocenters. The molecule has 20 heavy (non-hydrogen) atoms. The molecule has 0 aliphatic carbocycles. The number of hydrazine groups is 1. The Hall–Kier alpha value is -2.00. The first-order valence-corrected chi connectivity index (χ1v) is 6.99. The molecule has 0 saturated carbocycles. The third kappa shape index (κ3) is 4.00. The van der Waals surface area contributed by atoms with E-state index in [1.165, 1.54) is 0 Å². The predicted octanol–water partition coefficient (Wildman–Crippen LogP) is 1.32. The minimum absolute atomic E-state index is 0.0305. The van der Waals surface area contributed by atoms with E-state index in [0.717, 1.165) is 10.7 Å². The maximum atomic E-state index is 5.44. The Balaban J connectivity index is 2.09. The lowest BCUT2D eigenvalue weighted by Crippen LogP contribution is -2.16. The van der Waals surface area contributed by atoms with Crippen LogP contribution in [0.3, 0.4) is 0 Å². The van der Waals surface area contributed by atoms with Crippen LogP contribution in [0, 0.1) is 6.92 Å². The number of nitrogen functional groups attached to an aromatic ring is 1. The molecule has 0 atom stereocenters. The lowest BCUT2D eigenvalue weighted by Gasteiger charge is -2.10. The highest BCUT2D eigenvalue weighted by atomic mass is 32.1. The molecule has 0 fully saturated rings. The van der Waals surface area contributed by atoms with Crippen molar-refractivity contribution in [2.75, 3.05) is 10.7 Å². The third-order valence-electron chi connectivity index (χ3n) is 2.18. The summed E-state index contributed by atoms with van der Waals surface area (Å²) in [6.07, 6.45) is -0.0305. The van der Waals surface area contributed by atoms with Crippen molar-refractivity contribution in [3.8, 4) is 6.01 Å². The van der Waals surface area contributed by atoms with Gasteiger partial charge in [0.05, 0.1) is 23.4 Å². The predicted molar refractivity (Wildman–Crippen MR) is 77.6 cm³/mol. The minimum Gasteiger partial charge on any atom is -0.461 e. The summed E-state index contributed by atoms with van der Waals surface area (Å²) in [5.41, 5.74) is 3.32. The van der Waals surface area contributed by atoms with Gasteiger partial charge >= 0.3 is 6.01 Å². The average Bonchev–Trinajstić information content (AvgIpc) is 2.81. The van der Waals surface area contributed by atoms with Crippen molar-refractivity contribution in [2.24, 2.45) is 5.84 Å². The van der Waals surface area contributed by atoms with Crippen molar-refractivity contribution < 1.29 is 4.74 Å². The number of nitrogens with one attached hydrogen (secondary N) is 2. The van der Waals surface area contributed by atoms with Crippen molar-refractivity contribution in [3.05, 3.63) is 16.1 Å². The molecule has 0 saturated heterocycles. The molecule has 4 N–H and O–H groups in total. The molecule has 2 heterocycles. The topological polar surface area (TPSA) is 111 Å². The van der Waals surface area contributed by atoms with Gasteiger partial charge in [0.25, 0.3) is 0 Å². The van der Waals surface area contributed by atoms with E-state index in [-0.39, 0.29) is 18.1 Å². The lowest BCUT2D eigenvalue weighted by molar-refractivity contribution is 0.222. The van der Waals surface area contributed by atoms with E-state index in [1.807, 2.05) is 26.2 Å². The summed E-state index contributed by atoms with van der Waals surface area (Å²) >= 11 is 1.60. The van der Waals surface area contributed by atoms with Crippen LogP contribution in [0.25, 0.3) is 0 Å². The number of ether oxygens (including phenoxy) is 1. The number of anilines is 2. The second-order valence-electron chi connectivity index (χ2n) is 4.29. The van der Waals surface area contributed by atoms with Crippen molar-refractivity contribution >= 4 is 23.2 Å². The summed E-state index contributed by atoms with van der Waals surface area (Å²) in [4.78, 5) is 16.6. The van der Waals surface area contributed by atoms with Gasteiger partial charge in [-0.3, -0.25) is 5.43 Å². The lowest BCUT2D eigenvalue weighted by atomic mass is 10.5. The van der Waals surface area contributed by atoms with Crippen LogP contribution < -0.4 is 21.3 Å². The van der Waals surface area contributed by atoms with Gasteiger partial charge in [0.2, 0.25) is 11.9 Å². The van der Waals surface area contributed by atoms with E-state index in [0.29, 0.717) is 12.5 Å². The van der Waals surface area contributed by atoms with Gasteiger partial charge in [0.1, 0.15) is 0 Å². The molecule has 0 amide bonds. The van der Waals surface area contributed by atoms with Gasteiger partial charge in [-0.2, -0.15) is 15.0 Å². The fourth-order valence-corrected chi connectivity index (χ4v) is 2.04. The van der Waals surface area contributed by atoms with Crippen molar-refractivity contribution in [1.29, 1.82) is 0 Å². The third-order valence-corrected chi connectivity index (χ3v) is 3.00. The van der Waals surface area contributed by atoms with E-state index in [1.54, 1.807) is 11.3 Å². The van der Waals surface area contributed by atoms with E-state index < -0.39 is 0 Å². The quantitative estimate of drug-likeness (QED) is 0.540. The first-order valence-electron chi connectivity index (χ1n) is 6.11. The molecule has 2 aromatic rings. The van der Waals surface area contributed by atoms with Gasteiger partial charge in [-0.05, 0) is 20.8 Å². The van der Waals surface area contributed by atoms with Crippen LogP contribution in [0.15, 0.2) is 5.38 Å². The summed E-state index contributed by atoms with van der Waals surface area (Å²) < 4.78 is 5.44.